The van der Waals surface area contributed by atoms with Crippen LogP contribution in [0.2, 0.25) is 0 Å². The van der Waals surface area contributed by atoms with Crippen LogP contribution in [-0.4, -0.2) is 26.2 Å². The molecule has 0 atom stereocenters. The second kappa shape index (κ2) is 7.49. The summed E-state index contributed by atoms with van der Waals surface area (Å²) in [4.78, 5) is 0. The van der Waals surface area contributed by atoms with Gasteiger partial charge in [-0.05, 0) is 77.3 Å². The molecule has 2 N–H and O–H groups in total. The Morgan fingerprint density at radius 1 is 0.611 bits per heavy atom. The lowest BCUT2D eigenvalue weighted by Crippen LogP contribution is -2.31. The Morgan fingerprint density at radius 2 is 0.944 bits per heavy atom. The van der Waals surface area contributed by atoms with Crippen LogP contribution in [0.1, 0.15) is 64.2 Å². The smallest absolute Gasteiger partial charge is 0.00642 e. The molecule has 18 heavy (non-hydrogen) atoms. The van der Waals surface area contributed by atoms with E-state index in [0.29, 0.717) is 0 Å². The van der Waals surface area contributed by atoms with Crippen LogP contribution in [0.3, 0.4) is 0 Å². The van der Waals surface area contributed by atoms with Crippen molar-refractivity contribution in [3.05, 3.63) is 0 Å². The highest BCUT2D eigenvalue weighted by Gasteiger charge is 2.23. The van der Waals surface area contributed by atoms with Crippen molar-refractivity contribution < 1.29 is 0 Å². The summed E-state index contributed by atoms with van der Waals surface area (Å²) < 4.78 is 0. The van der Waals surface area contributed by atoms with Crippen molar-refractivity contribution >= 4 is 0 Å². The molecular formula is C16H32N2. The minimum Gasteiger partial charge on any atom is -0.317 e. The molecule has 2 aliphatic rings. The zero-order chi connectivity index (χ0) is 12.8. The first-order valence-electron chi connectivity index (χ1n) is 8.16. The molecule has 2 rings (SSSR count). The molecule has 2 heteroatoms. The maximum absolute atomic E-state index is 3.43. The van der Waals surface area contributed by atoms with Gasteiger partial charge in [-0.1, -0.05) is 12.8 Å². The van der Waals surface area contributed by atoms with Crippen LogP contribution in [0.25, 0.3) is 0 Å². The summed E-state index contributed by atoms with van der Waals surface area (Å²) in [5, 5.41) is 6.87. The van der Waals surface area contributed by atoms with Crippen LogP contribution in [-0.2, 0) is 0 Å². The molecule has 0 amide bonds. The summed E-state index contributed by atoms with van der Waals surface area (Å²) in [5.74, 6) is 2.08. The molecular weight excluding hydrogens is 220 g/mol. The molecule has 0 aromatic rings. The predicted molar refractivity (Wildman–Crippen MR) is 78.8 cm³/mol. The molecule has 0 saturated heterocycles. The standard InChI is InChI=1S/C16H32N2/c1-17-15-9-5-13(6-10-15)3-4-14-7-11-16(18-2)12-8-14/h13-18H,3-12H2,1-2H3. The Bertz CT molecular complexity index is 189. The highest BCUT2D eigenvalue weighted by molar-refractivity contribution is 4.79. The van der Waals surface area contributed by atoms with E-state index in [1.165, 1.54) is 64.2 Å². The Labute approximate surface area is 113 Å². The molecule has 0 aromatic heterocycles. The second-order valence-corrected chi connectivity index (χ2v) is 6.59. The third kappa shape index (κ3) is 4.24. The molecule has 0 heterocycles. The fraction of sp³-hybridized carbons (Fsp3) is 1.00. The zero-order valence-electron chi connectivity index (χ0n) is 12.4. The highest BCUT2D eigenvalue weighted by atomic mass is 14.9. The van der Waals surface area contributed by atoms with Crippen LogP contribution < -0.4 is 10.6 Å². The lowest BCUT2D eigenvalue weighted by molar-refractivity contribution is 0.238. The van der Waals surface area contributed by atoms with E-state index in [2.05, 4.69) is 24.7 Å². The summed E-state index contributed by atoms with van der Waals surface area (Å²) >= 11 is 0. The van der Waals surface area contributed by atoms with Gasteiger partial charge in [0.05, 0.1) is 0 Å². The third-order valence-corrected chi connectivity index (χ3v) is 5.49. The largest absolute Gasteiger partial charge is 0.317 e. The van der Waals surface area contributed by atoms with Crippen molar-refractivity contribution in [1.82, 2.24) is 10.6 Å². The summed E-state index contributed by atoms with van der Waals surface area (Å²) in [6, 6.07) is 1.62. The van der Waals surface area contributed by atoms with E-state index >= 15 is 0 Å². The lowest BCUT2D eigenvalue weighted by Gasteiger charge is -2.31. The molecule has 106 valence electrons. The summed E-state index contributed by atoms with van der Waals surface area (Å²) in [5.41, 5.74) is 0. The second-order valence-electron chi connectivity index (χ2n) is 6.59. The van der Waals surface area contributed by atoms with Crippen molar-refractivity contribution in [2.75, 3.05) is 14.1 Å². The SMILES string of the molecule is CNC1CCC(CCC2CCC(NC)CC2)CC1. The maximum atomic E-state index is 3.43. The van der Waals surface area contributed by atoms with Gasteiger partial charge in [-0.2, -0.15) is 0 Å². The van der Waals surface area contributed by atoms with Crippen molar-refractivity contribution in [2.45, 2.75) is 76.3 Å². The van der Waals surface area contributed by atoms with Gasteiger partial charge in [0.25, 0.3) is 0 Å². The quantitative estimate of drug-likeness (QED) is 0.784. The molecule has 2 nitrogen and oxygen atoms in total. The number of hydrogen-bond acceptors (Lipinski definition) is 2. The van der Waals surface area contributed by atoms with Gasteiger partial charge in [-0.15, -0.1) is 0 Å². The van der Waals surface area contributed by atoms with E-state index < -0.39 is 0 Å². The van der Waals surface area contributed by atoms with Crippen molar-refractivity contribution in [1.29, 1.82) is 0 Å². The fourth-order valence-corrected chi connectivity index (χ4v) is 3.95. The monoisotopic (exact) mass is 252 g/mol. The average molecular weight is 252 g/mol. The number of hydrogen-bond donors (Lipinski definition) is 2. The third-order valence-electron chi connectivity index (χ3n) is 5.49. The maximum Gasteiger partial charge on any atom is 0.00642 e. The van der Waals surface area contributed by atoms with Crippen molar-refractivity contribution in [3.8, 4) is 0 Å². The Kier molecular flexibility index (Phi) is 5.97. The Hall–Kier alpha value is -0.0800. The van der Waals surface area contributed by atoms with Crippen molar-refractivity contribution in [3.63, 3.8) is 0 Å². The van der Waals surface area contributed by atoms with E-state index in [9.17, 15) is 0 Å². The van der Waals surface area contributed by atoms with Gasteiger partial charge in [0.1, 0.15) is 0 Å². The number of rotatable bonds is 5. The van der Waals surface area contributed by atoms with E-state index in [4.69, 9.17) is 0 Å². The first-order chi connectivity index (χ1) is 8.81. The van der Waals surface area contributed by atoms with E-state index in [-0.39, 0.29) is 0 Å². The van der Waals surface area contributed by atoms with E-state index in [1.54, 1.807) is 0 Å². The average Bonchev–Trinajstić information content (AvgIpc) is 2.46. The van der Waals surface area contributed by atoms with Crippen LogP contribution >= 0.6 is 0 Å². The first-order valence-corrected chi connectivity index (χ1v) is 8.16. The van der Waals surface area contributed by atoms with Gasteiger partial charge in [0.15, 0.2) is 0 Å². The Morgan fingerprint density at radius 3 is 1.22 bits per heavy atom. The van der Waals surface area contributed by atoms with E-state index in [0.717, 1.165) is 23.9 Å². The molecule has 0 spiro atoms. The van der Waals surface area contributed by atoms with E-state index in [1.807, 2.05) is 0 Å². The fourth-order valence-electron chi connectivity index (χ4n) is 3.95. The van der Waals surface area contributed by atoms with Gasteiger partial charge in [0, 0.05) is 12.1 Å². The zero-order valence-corrected chi connectivity index (χ0v) is 12.4. The first kappa shape index (κ1) is 14.3. The topological polar surface area (TPSA) is 24.1 Å². The minimum absolute atomic E-state index is 0.812. The molecule has 2 saturated carbocycles. The van der Waals surface area contributed by atoms with Crippen molar-refractivity contribution in [2.24, 2.45) is 11.8 Å². The van der Waals surface area contributed by atoms with Gasteiger partial charge in [-0.3, -0.25) is 0 Å². The molecule has 0 radical (unpaired) electrons. The molecule has 0 aliphatic heterocycles. The highest BCUT2D eigenvalue weighted by Crippen LogP contribution is 2.33. The molecule has 2 fully saturated rings. The summed E-state index contributed by atoms with van der Waals surface area (Å²) in [7, 11) is 4.23. The molecule has 0 bridgehead atoms. The van der Waals surface area contributed by atoms with Crippen LogP contribution in [0, 0.1) is 11.8 Å². The number of nitrogens with one attached hydrogen (secondary N) is 2. The van der Waals surface area contributed by atoms with Gasteiger partial charge in [-0.25, -0.2) is 0 Å². The molecule has 2 aliphatic carbocycles. The Balaban J connectivity index is 1.58. The molecule has 0 aromatic carbocycles. The van der Waals surface area contributed by atoms with Crippen LogP contribution in [0.4, 0.5) is 0 Å². The lowest BCUT2D eigenvalue weighted by atomic mass is 9.78. The minimum atomic E-state index is 0.812. The van der Waals surface area contributed by atoms with Gasteiger partial charge < -0.3 is 10.6 Å². The predicted octanol–water partition coefficient (Wildman–Crippen LogP) is 3.32. The normalized spacial score (nSPS) is 37.7. The van der Waals surface area contributed by atoms with Crippen LogP contribution in [0.15, 0.2) is 0 Å². The van der Waals surface area contributed by atoms with Gasteiger partial charge in [0.2, 0.25) is 0 Å². The summed E-state index contributed by atoms with van der Waals surface area (Å²) in [6.45, 7) is 0. The summed E-state index contributed by atoms with van der Waals surface area (Å²) in [6.07, 6.45) is 14.5. The van der Waals surface area contributed by atoms with Gasteiger partial charge >= 0.3 is 0 Å². The van der Waals surface area contributed by atoms with Crippen LogP contribution in [0.5, 0.6) is 0 Å². The molecule has 0 unspecified atom stereocenters.